The lowest BCUT2D eigenvalue weighted by Gasteiger charge is -2.27. The quantitative estimate of drug-likeness (QED) is 0.340. The van der Waals surface area contributed by atoms with Crippen molar-refractivity contribution in [1.82, 2.24) is 39.8 Å². The molecular weight excluding hydrogens is 475 g/mol. The van der Waals surface area contributed by atoms with Crippen molar-refractivity contribution in [2.45, 2.75) is 6.54 Å². The Morgan fingerprint density at radius 1 is 1.06 bits per heavy atom. The van der Waals surface area contributed by atoms with Gasteiger partial charge in [-0.3, -0.25) is 9.55 Å². The first-order valence-corrected chi connectivity index (χ1v) is 11.6. The molecule has 4 aromatic heterocycles. The number of imidazole rings is 2. The minimum Gasteiger partial charge on any atom is -0.361 e. The third kappa shape index (κ3) is 3.89. The molecule has 0 spiro atoms. The van der Waals surface area contributed by atoms with E-state index >= 15 is 0 Å². The zero-order chi connectivity index (χ0) is 23.1. The van der Waals surface area contributed by atoms with E-state index in [4.69, 9.17) is 33.2 Å². The highest BCUT2D eigenvalue weighted by molar-refractivity contribution is 6.42. The molecule has 12 heteroatoms. The summed E-state index contributed by atoms with van der Waals surface area (Å²) in [5.41, 5.74) is 3.84. The standard InChI is InChI=1S/C22H20Cl2N10/c23-14-8-16-17(9-15(14)24)30-18(29-16)11-27-20-19-21(32-22(31-20)33-6-4-25-5-7-33)34(12-28-19)13-2-1-3-26-10-13/h1-3,8-10,12,25H,4-7,11H2,(H,29,30)(H,27,31,32). The number of nitrogens with zero attached hydrogens (tertiary/aromatic N) is 7. The second kappa shape index (κ2) is 8.71. The van der Waals surface area contributed by atoms with Crippen LogP contribution in [0, 0.1) is 0 Å². The number of rotatable bonds is 5. The molecule has 0 saturated carbocycles. The summed E-state index contributed by atoms with van der Waals surface area (Å²) in [5.74, 6) is 2.03. The minimum atomic E-state index is 0.413. The first-order chi connectivity index (χ1) is 16.7. The van der Waals surface area contributed by atoms with Crippen molar-refractivity contribution >= 4 is 57.2 Å². The molecule has 0 amide bonds. The maximum Gasteiger partial charge on any atom is 0.229 e. The van der Waals surface area contributed by atoms with Gasteiger partial charge in [-0.05, 0) is 24.3 Å². The fraction of sp³-hybridized carbons (Fsp3) is 0.227. The molecule has 0 radical (unpaired) electrons. The smallest absolute Gasteiger partial charge is 0.229 e. The van der Waals surface area contributed by atoms with E-state index in [0.29, 0.717) is 39.5 Å². The Hall–Kier alpha value is -3.47. The van der Waals surface area contributed by atoms with E-state index in [1.807, 2.05) is 16.7 Å². The second-order valence-corrected chi connectivity index (χ2v) is 8.74. The lowest BCUT2D eigenvalue weighted by molar-refractivity contribution is 0.580. The first kappa shape index (κ1) is 21.1. The van der Waals surface area contributed by atoms with Gasteiger partial charge in [0.2, 0.25) is 5.95 Å². The van der Waals surface area contributed by atoms with Gasteiger partial charge >= 0.3 is 0 Å². The molecule has 10 nitrogen and oxygen atoms in total. The van der Waals surface area contributed by atoms with Crippen molar-refractivity contribution in [2.75, 3.05) is 36.4 Å². The molecular formula is C22H20Cl2N10. The summed E-state index contributed by atoms with van der Waals surface area (Å²) in [6.45, 7) is 3.84. The summed E-state index contributed by atoms with van der Waals surface area (Å²) in [6.07, 6.45) is 5.27. The van der Waals surface area contributed by atoms with Crippen molar-refractivity contribution < 1.29 is 0 Å². The molecule has 0 unspecified atom stereocenters. The number of anilines is 2. The Labute approximate surface area is 204 Å². The highest BCUT2D eigenvalue weighted by Crippen LogP contribution is 2.28. The van der Waals surface area contributed by atoms with Crippen LogP contribution in [0.15, 0.2) is 43.0 Å². The van der Waals surface area contributed by atoms with Crippen molar-refractivity contribution in [1.29, 1.82) is 0 Å². The molecule has 1 saturated heterocycles. The maximum atomic E-state index is 6.14. The van der Waals surface area contributed by atoms with E-state index in [0.717, 1.165) is 48.7 Å². The van der Waals surface area contributed by atoms with E-state index in [-0.39, 0.29) is 0 Å². The highest BCUT2D eigenvalue weighted by Gasteiger charge is 2.20. The lowest BCUT2D eigenvalue weighted by atomic mass is 10.3. The van der Waals surface area contributed by atoms with Gasteiger partial charge in [0.15, 0.2) is 17.0 Å². The Balaban J connectivity index is 1.38. The number of piperazine rings is 1. The number of benzene rings is 1. The number of H-pyrrole nitrogens is 1. The zero-order valence-electron chi connectivity index (χ0n) is 18.0. The van der Waals surface area contributed by atoms with Crippen LogP contribution in [-0.4, -0.2) is 60.6 Å². The van der Waals surface area contributed by atoms with Crippen LogP contribution in [0.2, 0.25) is 10.0 Å². The summed E-state index contributed by atoms with van der Waals surface area (Å²) < 4.78 is 1.92. The molecule has 34 heavy (non-hydrogen) atoms. The third-order valence-electron chi connectivity index (χ3n) is 5.70. The first-order valence-electron chi connectivity index (χ1n) is 10.8. The molecule has 5 aromatic rings. The molecule has 3 N–H and O–H groups in total. The molecule has 172 valence electrons. The van der Waals surface area contributed by atoms with Gasteiger partial charge in [-0.2, -0.15) is 9.97 Å². The van der Waals surface area contributed by atoms with Crippen LogP contribution >= 0.6 is 23.2 Å². The predicted molar refractivity (Wildman–Crippen MR) is 133 cm³/mol. The van der Waals surface area contributed by atoms with Crippen LogP contribution < -0.4 is 15.5 Å². The normalized spacial score (nSPS) is 14.2. The molecule has 6 rings (SSSR count). The SMILES string of the molecule is Clc1cc2nc(CNc3nc(N4CCNCC4)nc4c3ncn4-c3cccnc3)[nH]c2cc1Cl. The van der Waals surface area contributed by atoms with Crippen LogP contribution in [-0.2, 0) is 6.54 Å². The number of halogens is 2. The largest absolute Gasteiger partial charge is 0.361 e. The topological polar surface area (TPSA) is 112 Å². The number of fused-ring (bicyclic) bond motifs is 2. The Bertz CT molecular complexity index is 1430. The van der Waals surface area contributed by atoms with E-state index in [2.05, 4.69) is 35.5 Å². The van der Waals surface area contributed by atoms with Crippen LogP contribution in [0.3, 0.4) is 0 Å². The summed E-state index contributed by atoms with van der Waals surface area (Å²) >= 11 is 12.3. The number of pyridine rings is 1. The van der Waals surface area contributed by atoms with Gasteiger partial charge in [-0.15, -0.1) is 0 Å². The zero-order valence-corrected chi connectivity index (χ0v) is 19.5. The highest BCUT2D eigenvalue weighted by atomic mass is 35.5. The maximum absolute atomic E-state index is 6.14. The van der Waals surface area contributed by atoms with Crippen molar-refractivity contribution in [2.24, 2.45) is 0 Å². The fourth-order valence-electron chi connectivity index (χ4n) is 4.01. The third-order valence-corrected chi connectivity index (χ3v) is 6.43. The van der Waals surface area contributed by atoms with E-state index < -0.39 is 0 Å². The number of aromatic nitrogens is 7. The molecule has 1 aliphatic heterocycles. The number of aromatic amines is 1. The molecule has 1 aromatic carbocycles. The van der Waals surface area contributed by atoms with Gasteiger partial charge in [-0.1, -0.05) is 23.2 Å². The molecule has 1 aliphatic rings. The lowest BCUT2D eigenvalue weighted by Crippen LogP contribution is -2.44. The van der Waals surface area contributed by atoms with Crippen LogP contribution in [0.4, 0.5) is 11.8 Å². The molecule has 0 aliphatic carbocycles. The molecule has 1 fully saturated rings. The number of hydrogen-bond acceptors (Lipinski definition) is 8. The van der Waals surface area contributed by atoms with E-state index in [1.165, 1.54) is 0 Å². The average Bonchev–Trinajstić information content (AvgIpc) is 3.47. The molecule has 0 bridgehead atoms. The van der Waals surface area contributed by atoms with Gasteiger partial charge in [0.05, 0.1) is 39.5 Å². The van der Waals surface area contributed by atoms with E-state index in [9.17, 15) is 0 Å². The number of hydrogen-bond donors (Lipinski definition) is 3. The average molecular weight is 495 g/mol. The molecule has 5 heterocycles. The van der Waals surface area contributed by atoms with E-state index in [1.54, 1.807) is 30.9 Å². The van der Waals surface area contributed by atoms with Crippen LogP contribution in [0.5, 0.6) is 0 Å². The summed E-state index contributed by atoms with van der Waals surface area (Å²) in [6, 6.07) is 7.38. The van der Waals surface area contributed by atoms with Crippen LogP contribution in [0.1, 0.15) is 5.82 Å². The van der Waals surface area contributed by atoms with Crippen molar-refractivity contribution in [3.8, 4) is 5.69 Å². The second-order valence-electron chi connectivity index (χ2n) is 7.93. The van der Waals surface area contributed by atoms with Gasteiger partial charge < -0.3 is 20.5 Å². The van der Waals surface area contributed by atoms with Gasteiger partial charge in [0.25, 0.3) is 0 Å². The van der Waals surface area contributed by atoms with Gasteiger partial charge in [0, 0.05) is 32.4 Å². The van der Waals surface area contributed by atoms with Gasteiger partial charge in [0.1, 0.15) is 12.2 Å². The monoisotopic (exact) mass is 494 g/mol. The summed E-state index contributed by atoms with van der Waals surface area (Å²) in [7, 11) is 0. The number of nitrogens with one attached hydrogen (secondary N) is 3. The van der Waals surface area contributed by atoms with Crippen LogP contribution in [0.25, 0.3) is 27.9 Å². The van der Waals surface area contributed by atoms with Gasteiger partial charge in [-0.25, -0.2) is 9.97 Å². The Morgan fingerprint density at radius 3 is 2.74 bits per heavy atom. The van der Waals surface area contributed by atoms with Crippen molar-refractivity contribution in [3.63, 3.8) is 0 Å². The fourth-order valence-corrected chi connectivity index (χ4v) is 4.33. The summed E-state index contributed by atoms with van der Waals surface area (Å²) in [5, 5.41) is 7.71. The predicted octanol–water partition coefficient (Wildman–Crippen LogP) is 3.42. The minimum absolute atomic E-state index is 0.413. The summed E-state index contributed by atoms with van der Waals surface area (Å²) in [4.78, 5) is 28.6. The van der Waals surface area contributed by atoms with Crippen molar-refractivity contribution in [3.05, 3.63) is 58.9 Å². The Morgan fingerprint density at radius 2 is 1.91 bits per heavy atom. The Kier molecular flexibility index (Phi) is 5.40. The molecule has 0 atom stereocenters.